The van der Waals surface area contributed by atoms with E-state index in [0.717, 1.165) is 24.2 Å². The van der Waals surface area contributed by atoms with Crippen LogP contribution >= 0.6 is 0 Å². The molecule has 1 amide bonds. The first-order valence-corrected chi connectivity index (χ1v) is 7.91. The first kappa shape index (κ1) is 16.7. The molecule has 2 N–H and O–H groups in total. The number of anilines is 2. The summed E-state index contributed by atoms with van der Waals surface area (Å²) in [6.07, 6.45) is 6.84. The van der Waals surface area contributed by atoms with Crippen LogP contribution in [0.3, 0.4) is 0 Å². The molecule has 0 saturated heterocycles. The molecule has 2 aromatic rings. The molecule has 1 aromatic carbocycles. The van der Waals surface area contributed by atoms with E-state index in [2.05, 4.69) is 54.2 Å². The molecule has 0 aliphatic carbocycles. The van der Waals surface area contributed by atoms with Crippen molar-refractivity contribution in [2.24, 2.45) is 0 Å². The second-order valence-electron chi connectivity index (χ2n) is 5.24. The smallest absolute Gasteiger partial charge is 0.253 e. The summed E-state index contributed by atoms with van der Waals surface area (Å²) in [4.78, 5) is 16.2. The topological polar surface area (TPSA) is 54.0 Å². The molecule has 0 aliphatic heterocycles. The number of hydrogen-bond acceptors (Lipinski definition) is 3. The average molecular weight is 309 g/mol. The lowest BCUT2D eigenvalue weighted by Gasteiger charge is -2.15. The Morgan fingerprint density at radius 2 is 1.91 bits per heavy atom. The summed E-state index contributed by atoms with van der Waals surface area (Å²) in [7, 11) is 0. The molecule has 4 heteroatoms. The highest BCUT2D eigenvalue weighted by atomic mass is 16.1. The molecular formula is C19H23N3O. The summed E-state index contributed by atoms with van der Waals surface area (Å²) < 4.78 is 0. The van der Waals surface area contributed by atoms with Gasteiger partial charge in [0.2, 0.25) is 0 Å². The minimum Gasteiger partial charge on any atom is -0.354 e. The average Bonchev–Trinajstić information content (AvgIpc) is 2.60. The van der Waals surface area contributed by atoms with Crippen molar-refractivity contribution in [3.05, 3.63) is 66.0 Å². The van der Waals surface area contributed by atoms with Crippen molar-refractivity contribution in [1.29, 1.82) is 0 Å². The third-order valence-corrected chi connectivity index (χ3v) is 3.68. The Labute approximate surface area is 137 Å². The van der Waals surface area contributed by atoms with E-state index in [9.17, 15) is 4.79 Å². The molecule has 0 fully saturated rings. The molecule has 0 radical (unpaired) electrons. The van der Waals surface area contributed by atoms with E-state index in [1.165, 1.54) is 11.1 Å². The van der Waals surface area contributed by atoms with Gasteiger partial charge in [0.15, 0.2) is 0 Å². The second-order valence-corrected chi connectivity index (χ2v) is 5.24. The molecule has 2 rings (SSSR count). The van der Waals surface area contributed by atoms with Crippen LogP contribution in [0.25, 0.3) is 0 Å². The normalized spacial score (nSPS) is 10.2. The highest BCUT2D eigenvalue weighted by Gasteiger charge is 2.09. The summed E-state index contributed by atoms with van der Waals surface area (Å²) >= 11 is 0. The Morgan fingerprint density at radius 3 is 2.52 bits per heavy atom. The number of carbonyl (C=O) groups excluding carboxylic acids is 1. The highest BCUT2D eigenvalue weighted by Crippen LogP contribution is 2.26. The number of carbonyl (C=O) groups is 1. The molecule has 1 aromatic heterocycles. The van der Waals surface area contributed by atoms with Crippen molar-refractivity contribution >= 4 is 17.3 Å². The quantitative estimate of drug-likeness (QED) is 0.763. The fourth-order valence-electron chi connectivity index (χ4n) is 2.45. The van der Waals surface area contributed by atoms with Gasteiger partial charge in [-0.1, -0.05) is 38.1 Å². The van der Waals surface area contributed by atoms with Crippen molar-refractivity contribution in [2.45, 2.75) is 26.7 Å². The Morgan fingerprint density at radius 1 is 1.22 bits per heavy atom. The zero-order valence-electron chi connectivity index (χ0n) is 13.7. The third kappa shape index (κ3) is 4.19. The van der Waals surface area contributed by atoms with Crippen LogP contribution in [0.4, 0.5) is 11.4 Å². The van der Waals surface area contributed by atoms with E-state index >= 15 is 0 Å². The zero-order valence-corrected chi connectivity index (χ0v) is 13.7. The first-order valence-electron chi connectivity index (χ1n) is 7.91. The third-order valence-electron chi connectivity index (χ3n) is 3.68. The van der Waals surface area contributed by atoms with Crippen LogP contribution in [0.15, 0.2) is 49.3 Å². The standard InChI is InChI=1S/C19H23N3O/c1-4-10-21-19(23)16-11-17(13-20-12-16)22-18-14(5-2)8-7-9-15(18)6-3/h4,7-9,11-13,22H,1,5-6,10H2,2-3H3,(H,21,23). The molecule has 0 unspecified atom stereocenters. The van der Waals surface area contributed by atoms with Gasteiger partial charge in [-0.15, -0.1) is 6.58 Å². The summed E-state index contributed by atoms with van der Waals surface area (Å²) in [5, 5.41) is 6.19. The van der Waals surface area contributed by atoms with Crippen LogP contribution in [-0.2, 0) is 12.8 Å². The van der Waals surface area contributed by atoms with Crippen LogP contribution in [0, 0.1) is 0 Å². The maximum Gasteiger partial charge on any atom is 0.253 e. The number of para-hydroxylation sites is 1. The van der Waals surface area contributed by atoms with Crippen LogP contribution in [-0.4, -0.2) is 17.4 Å². The van der Waals surface area contributed by atoms with Gasteiger partial charge >= 0.3 is 0 Å². The van der Waals surface area contributed by atoms with E-state index < -0.39 is 0 Å². The summed E-state index contributed by atoms with van der Waals surface area (Å²) in [6, 6.07) is 8.14. The van der Waals surface area contributed by atoms with Gasteiger partial charge in [-0.25, -0.2) is 0 Å². The fraction of sp³-hybridized carbons (Fsp3) is 0.263. The molecule has 0 atom stereocenters. The number of hydrogen-bond donors (Lipinski definition) is 2. The summed E-state index contributed by atoms with van der Waals surface area (Å²) in [5.74, 6) is -0.152. The van der Waals surface area contributed by atoms with Crippen LogP contribution in [0.2, 0.25) is 0 Å². The number of aryl methyl sites for hydroxylation is 2. The lowest BCUT2D eigenvalue weighted by atomic mass is 10.0. The van der Waals surface area contributed by atoms with Gasteiger partial charge in [0.05, 0.1) is 17.4 Å². The Kier molecular flexibility index (Phi) is 5.92. The maximum absolute atomic E-state index is 12.0. The first-order chi connectivity index (χ1) is 11.2. The number of pyridine rings is 1. The second kappa shape index (κ2) is 8.13. The van der Waals surface area contributed by atoms with Crippen molar-refractivity contribution < 1.29 is 4.79 Å². The summed E-state index contributed by atoms with van der Waals surface area (Å²) in [5.41, 5.74) is 4.97. The number of nitrogens with one attached hydrogen (secondary N) is 2. The molecule has 4 nitrogen and oxygen atoms in total. The Balaban J connectivity index is 2.27. The molecule has 0 aliphatic rings. The van der Waals surface area contributed by atoms with E-state index in [-0.39, 0.29) is 5.91 Å². The van der Waals surface area contributed by atoms with E-state index in [0.29, 0.717) is 12.1 Å². The monoisotopic (exact) mass is 309 g/mol. The van der Waals surface area contributed by atoms with Crippen LogP contribution in [0.5, 0.6) is 0 Å². The van der Waals surface area contributed by atoms with Gasteiger partial charge in [0.1, 0.15) is 0 Å². The van der Waals surface area contributed by atoms with Crippen LogP contribution < -0.4 is 10.6 Å². The predicted octanol–water partition coefficient (Wildman–Crippen LogP) is 3.87. The molecule has 23 heavy (non-hydrogen) atoms. The van der Waals surface area contributed by atoms with E-state index in [4.69, 9.17) is 0 Å². The summed E-state index contributed by atoms with van der Waals surface area (Å²) in [6.45, 7) is 8.31. The van der Waals surface area contributed by atoms with E-state index in [1.54, 1.807) is 18.5 Å². The fourth-order valence-corrected chi connectivity index (χ4v) is 2.45. The SMILES string of the molecule is C=CCNC(=O)c1cncc(Nc2c(CC)cccc2CC)c1. The largest absolute Gasteiger partial charge is 0.354 e. The van der Waals surface area contributed by atoms with Crippen molar-refractivity contribution in [2.75, 3.05) is 11.9 Å². The van der Waals surface area contributed by atoms with Gasteiger partial charge in [-0.2, -0.15) is 0 Å². The Hall–Kier alpha value is -2.62. The van der Waals surface area contributed by atoms with Gasteiger partial charge in [0.25, 0.3) is 5.91 Å². The van der Waals surface area contributed by atoms with Gasteiger partial charge in [-0.05, 0) is 30.0 Å². The van der Waals surface area contributed by atoms with Gasteiger partial charge in [0, 0.05) is 18.4 Å². The highest BCUT2D eigenvalue weighted by molar-refractivity contribution is 5.95. The lowest BCUT2D eigenvalue weighted by molar-refractivity contribution is 0.0957. The predicted molar refractivity (Wildman–Crippen MR) is 95.2 cm³/mol. The van der Waals surface area contributed by atoms with E-state index in [1.807, 2.05) is 6.07 Å². The molecule has 0 bridgehead atoms. The maximum atomic E-state index is 12.0. The number of aromatic nitrogens is 1. The van der Waals surface area contributed by atoms with Crippen molar-refractivity contribution in [3.63, 3.8) is 0 Å². The minimum atomic E-state index is -0.152. The number of amides is 1. The van der Waals surface area contributed by atoms with Crippen molar-refractivity contribution in [3.8, 4) is 0 Å². The number of rotatable bonds is 7. The molecule has 0 saturated carbocycles. The molecule has 120 valence electrons. The number of benzene rings is 1. The minimum absolute atomic E-state index is 0.152. The molecule has 1 heterocycles. The molecular weight excluding hydrogens is 286 g/mol. The van der Waals surface area contributed by atoms with Crippen LogP contribution in [0.1, 0.15) is 35.3 Å². The number of nitrogens with zero attached hydrogens (tertiary/aromatic N) is 1. The van der Waals surface area contributed by atoms with Crippen molar-refractivity contribution in [1.82, 2.24) is 10.3 Å². The molecule has 0 spiro atoms. The zero-order chi connectivity index (χ0) is 16.7. The van der Waals surface area contributed by atoms with Gasteiger partial charge in [-0.3, -0.25) is 9.78 Å². The Bertz CT molecular complexity index is 673. The lowest BCUT2D eigenvalue weighted by Crippen LogP contribution is -2.23. The van der Waals surface area contributed by atoms with Gasteiger partial charge < -0.3 is 10.6 Å².